The van der Waals surface area contributed by atoms with Crippen LogP contribution in [0.4, 0.5) is 0 Å². The molecule has 0 unspecified atom stereocenters. The fourth-order valence-electron chi connectivity index (χ4n) is 2.69. The maximum Gasteiger partial charge on any atom is 0.248 e. The van der Waals surface area contributed by atoms with Crippen LogP contribution in [0.3, 0.4) is 0 Å². The summed E-state index contributed by atoms with van der Waals surface area (Å²) in [5.74, 6) is 2.90. The van der Waals surface area contributed by atoms with Crippen molar-refractivity contribution in [3.8, 4) is 34.3 Å². The summed E-state index contributed by atoms with van der Waals surface area (Å²) in [5, 5.41) is 12.2. The van der Waals surface area contributed by atoms with Gasteiger partial charge in [-0.1, -0.05) is 5.16 Å². The molecule has 0 radical (unpaired) electrons. The Morgan fingerprint density at radius 3 is 2.28 bits per heavy atom. The first-order chi connectivity index (χ1) is 14.2. The van der Waals surface area contributed by atoms with E-state index in [2.05, 4.69) is 20.3 Å². The number of methoxy groups -OCH3 is 2. The molecular weight excluding hydrogens is 392 g/mol. The van der Waals surface area contributed by atoms with Crippen molar-refractivity contribution in [1.29, 1.82) is 0 Å². The molecule has 0 atom stereocenters. The lowest BCUT2D eigenvalue weighted by atomic mass is 10.2. The average molecular weight is 410 g/mol. The first kappa shape index (κ1) is 19.0. The van der Waals surface area contributed by atoms with Gasteiger partial charge in [0.1, 0.15) is 17.9 Å². The topological polar surface area (TPSA) is 96.3 Å². The van der Waals surface area contributed by atoms with E-state index in [1.807, 2.05) is 30.5 Å². The van der Waals surface area contributed by atoms with Gasteiger partial charge in [0.15, 0.2) is 0 Å². The van der Waals surface area contributed by atoms with E-state index in [1.54, 1.807) is 44.2 Å². The molecule has 0 amide bonds. The summed E-state index contributed by atoms with van der Waals surface area (Å²) in [7, 11) is 3.17. The second-order valence-corrected chi connectivity index (χ2v) is 6.90. The van der Waals surface area contributed by atoms with Gasteiger partial charge in [0.05, 0.1) is 14.2 Å². The smallest absolute Gasteiger partial charge is 0.248 e. The Morgan fingerprint density at radius 2 is 1.62 bits per heavy atom. The van der Waals surface area contributed by atoms with Crippen molar-refractivity contribution in [3.63, 3.8) is 0 Å². The summed E-state index contributed by atoms with van der Waals surface area (Å²) in [6.07, 6.45) is 2.27. The van der Waals surface area contributed by atoms with Crippen LogP contribution < -0.4 is 9.47 Å². The van der Waals surface area contributed by atoms with E-state index in [0.29, 0.717) is 40.6 Å². The molecule has 0 aliphatic rings. The second kappa shape index (κ2) is 8.36. The van der Waals surface area contributed by atoms with Crippen molar-refractivity contribution < 1.29 is 18.4 Å². The molecule has 0 N–H and O–H groups in total. The summed E-state index contributed by atoms with van der Waals surface area (Å²) < 4.78 is 21.6. The highest BCUT2D eigenvalue weighted by Gasteiger charge is 2.15. The first-order valence-electron chi connectivity index (χ1n) is 8.71. The molecule has 2 aromatic heterocycles. The van der Waals surface area contributed by atoms with E-state index in [0.717, 1.165) is 5.56 Å². The highest BCUT2D eigenvalue weighted by atomic mass is 32.2. The van der Waals surface area contributed by atoms with Crippen molar-refractivity contribution in [3.05, 3.63) is 54.2 Å². The number of nitrogens with zero attached hydrogens (tertiary/aromatic N) is 4. The number of benzene rings is 2. The number of aromatic nitrogens is 4. The van der Waals surface area contributed by atoms with Crippen LogP contribution in [-0.2, 0) is 6.42 Å². The summed E-state index contributed by atoms with van der Waals surface area (Å²) in [6, 6.07) is 13.3. The van der Waals surface area contributed by atoms with Gasteiger partial charge < -0.3 is 18.4 Å². The van der Waals surface area contributed by atoms with Crippen LogP contribution in [0.5, 0.6) is 11.5 Å². The SMILES string of the molecule is COc1cc(OC)cc(-c2nnc(Cc3nc(-c4ccc(SC)cc4)no3)o2)c1. The van der Waals surface area contributed by atoms with E-state index in [4.69, 9.17) is 18.4 Å². The van der Waals surface area contributed by atoms with E-state index in [9.17, 15) is 0 Å². The van der Waals surface area contributed by atoms with Gasteiger partial charge in [-0.15, -0.1) is 22.0 Å². The fraction of sp³-hybridized carbons (Fsp3) is 0.200. The lowest BCUT2D eigenvalue weighted by molar-refractivity contribution is 0.373. The van der Waals surface area contributed by atoms with Gasteiger partial charge in [0.25, 0.3) is 0 Å². The molecule has 8 nitrogen and oxygen atoms in total. The van der Waals surface area contributed by atoms with Crippen molar-refractivity contribution in [2.24, 2.45) is 0 Å². The lowest BCUT2D eigenvalue weighted by Crippen LogP contribution is -1.89. The Hall–Kier alpha value is -3.33. The Morgan fingerprint density at radius 1 is 0.897 bits per heavy atom. The predicted molar refractivity (Wildman–Crippen MR) is 107 cm³/mol. The van der Waals surface area contributed by atoms with Crippen LogP contribution in [0.25, 0.3) is 22.8 Å². The molecule has 0 saturated carbocycles. The standard InChI is InChI=1S/C20H18N4O4S/c1-25-14-8-13(9-15(10-14)26-2)20-23-22-18(27-20)11-17-21-19(24-28-17)12-4-6-16(29-3)7-5-12/h4-10H,11H2,1-3H3. The zero-order chi connectivity index (χ0) is 20.2. The van der Waals surface area contributed by atoms with Crippen LogP contribution in [0.15, 0.2) is 56.3 Å². The molecule has 0 saturated heterocycles. The van der Waals surface area contributed by atoms with E-state index >= 15 is 0 Å². The Bertz CT molecular complexity index is 1090. The zero-order valence-corrected chi connectivity index (χ0v) is 16.9. The van der Waals surface area contributed by atoms with Crippen molar-refractivity contribution in [2.75, 3.05) is 20.5 Å². The van der Waals surface area contributed by atoms with Crippen LogP contribution in [0.2, 0.25) is 0 Å². The molecule has 148 valence electrons. The third-order valence-corrected chi connectivity index (χ3v) is 4.93. The molecule has 0 spiro atoms. The Kier molecular flexibility index (Phi) is 5.48. The van der Waals surface area contributed by atoms with Gasteiger partial charge in [0, 0.05) is 22.1 Å². The number of thioether (sulfide) groups is 1. The van der Waals surface area contributed by atoms with Crippen LogP contribution in [-0.4, -0.2) is 40.8 Å². The summed E-state index contributed by atoms with van der Waals surface area (Å²) in [5.41, 5.74) is 1.58. The zero-order valence-electron chi connectivity index (χ0n) is 16.1. The maximum atomic E-state index is 5.75. The number of hydrogen-bond donors (Lipinski definition) is 0. The van der Waals surface area contributed by atoms with Gasteiger partial charge >= 0.3 is 0 Å². The minimum atomic E-state index is 0.240. The van der Waals surface area contributed by atoms with Gasteiger partial charge in [-0.3, -0.25) is 0 Å². The molecule has 4 aromatic rings. The average Bonchev–Trinajstić information content (AvgIpc) is 3.43. The van der Waals surface area contributed by atoms with E-state index in [1.165, 1.54) is 4.90 Å². The summed E-state index contributed by atoms with van der Waals surface area (Å²) in [4.78, 5) is 5.59. The first-order valence-corrected chi connectivity index (χ1v) is 9.94. The molecule has 0 aliphatic carbocycles. The normalized spacial score (nSPS) is 10.9. The van der Waals surface area contributed by atoms with Gasteiger partial charge in [-0.25, -0.2) is 0 Å². The van der Waals surface area contributed by atoms with Crippen LogP contribution >= 0.6 is 11.8 Å². The molecule has 2 aromatic carbocycles. The fourth-order valence-corrected chi connectivity index (χ4v) is 3.09. The second-order valence-electron chi connectivity index (χ2n) is 6.02. The van der Waals surface area contributed by atoms with Crippen molar-refractivity contribution in [2.45, 2.75) is 11.3 Å². The quantitative estimate of drug-likeness (QED) is 0.417. The summed E-state index contributed by atoms with van der Waals surface area (Å²) in [6.45, 7) is 0. The largest absolute Gasteiger partial charge is 0.497 e. The Balaban J connectivity index is 1.52. The summed E-state index contributed by atoms with van der Waals surface area (Å²) >= 11 is 1.68. The van der Waals surface area contributed by atoms with E-state index in [-0.39, 0.29) is 6.42 Å². The third-order valence-electron chi connectivity index (χ3n) is 4.18. The van der Waals surface area contributed by atoms with Crippen LogP contribution in [0.1, 0.15) is 11.8 Å². The number of rotatable bonds is 7. The van der Waals surface area contributed by atoms with Crippen molar-refractivity contribution in [1.82, 2.24) is 20.3 Å². The van der Waals surface area contributed by atoms with Gasteiger partial charge in [-0.05, 0) is 42.7 Å². The predicted octanol–water partition coefficient (Wildman–Crippen LogP) is 4.12. The Labute approximate surface area is 171 Å². The van der Waals surface area contributed by atoms with Gasteiger partial charge in [-0.2, -0.15) is 4.98 Å². The lowest BCUT2D eigenvalue weighted by Gasteiger charge is -2.05. The highest BCUT2D eigenvalue weighted by molar-refractivity contribution is 7.98. The minimum absolute atomic E-state index is 0.240. The molecule has 2 heterocycles. The van der Waals surface area contributed by atoms with Crippen LogP contribution in [0, 0.1) is 0 Å². The molecule has 0 aliphatic heterocycles. The monoisotopic (exact) mass is 410 g/mol. The molecule has 9 heteroatoms. The molecule has 0 bridgehead atoms. The van der Waals surface area contributed by atoms with E-state index < -0.39 is 0 Å². The number of ether oxygens (including phenoxy) is 2. The molecule has 29 heavy (non-hydrogen) atoms. The third kappa shape index (κ3) is 4.24. The molecule has 4 rings (SSSR count). The minimum Gasteiger partial charge on any atom is -0.497 e. The highest BCUT2D eigenvalue weighted by Crippen LogP contribution is 2.29. The maximum absolute atomic E-state index is 5.75. The molecular formula is C20H18N4O4S. The van der Waals surface area contributed by atoms with Gasteiger partial charge in [0.2, 0.25) is 23.5 Å². The number of hydrogen-bond acceptors (Lipinski definition) is 9. The molecule has 0 fully saturated rings. The van der Waals surface area contributed by atoms with Crippen molar-refractivity contribution >= 4 is 11.8 Å².